The lowest BCUT2D eigenvalue weighted by molar-refractivity contribution is -0.131. The Morgan fingerprint density at radius 2 is 1.59 bits per heavy atom. The number of carbonyl (C=O) groups excluding carboxylic acids is 2. The van der Waals surface area contributed by atoms with Gasteiger partial charge in [0.1, 0.15) is 5.75 Å². The lowest BCUT2D eigenvalue weighted by Crippen LogP contribution is -2.36. The van der Waals surface area contributed by atoms with Gasteiger partial charge in [0.15, 0.2) is 6.61 Å². The van der Waals surface area contributed by atoms with Crippen molar-refractivity contribution in [3.8, 4) is 5.75 Å². The van der Waals surface area contributed by atoms with E-state index in [1.165, 1.54) is 18.4 Å². The molecule has 1 heterocycles. The fraction of sp³-hybridized carbons (Fsp3) is 0.417. The average molecular weight is 395 g/mol. The number of amides is 2. The normalized spacial score (nSPS) is 14.1. The summed E-state index contributed by atoms with van der Waals surface area (Å²) in [5.74, 6) is 0.636. The fourth-order valence-electron chi connectivity index (χ4n) is 3.59. The summed E-state index contributed by atoms with van der Waals surface area (Å²) in [5.41, 5.74) is 2.24. The zero-order valence-corrected chi connectivity index (χ0v) is 16.9. The number of carbonyl (C=O) groups is 2. The maximum absolute atomic E-state index is 12.3. The number of nitrogens with one attached hydrogen (secondary N) is 1. The molecule has 0 aromatic heterocycles. The third kappa shape index (κ3) is 6.93. The van der Waals surface area contributed by atoms with Crippen LogP contribution in [-0.4, -0.2) is 43.0 Å². The van der Waals surface area contributed by atoms with E-state index in [9.17, 15) is 9.59 Å². The Hall–Kier alpha value is -2.82. The Kier molecular flexibility index (Phi) is 8.11. The molecule has 29 heavy (non-hydrogen) atoms. The first-order valence-corrected chi connectivity index (χ1v) is 10.5. The summed E-state index contributed by atoms with van der Waals surface area (Å²) >= 11 is 0. The van der Waals surface area contributed by atoms with Gasteiger partial charge >= 0.3 is 0 Å². The van der Waals surface area contributed by atoms with Gasteiger partial charge in [-0.1, -0.05) is 61.4 Å². The van der Waals surface area contributed by atoms with E-state index < -0.39 is 0 Å². The third-order valence-corrected chi connectivity index (χ3v) is 5.19. The standard InChI is InChI=1S/C24H30N2O3/c27-23(25-15-14-24(28)26-16-8-1-2-9-17-26)19-29-22-13-7-6-12-21(22)18-20-10-4-3-5-11-20/h3-7,10-13H,1-2,8-9,14-19H2,(H,25,27). The van der Waals surface area contributed by atoms with E-state index >= 15 is 0 Å². The molecule has 1 N–H and O–H groups in total. The van der Waals surface area contributed by atoms with E-state index in [1.807, 2.05) is 47.4 Å². The summed E-state index contributed by atoms with van der Waals surface area (Å²) in [4.78, 5) is 26.3. The van der Waals surface area contributed by atoms with E-state index in [0.717, 1.165) is 37.9 Å². The molecule has 154 valence electrons. The monoisotopic (exact) mass is 394 g/mol. The van der Waals surface area contributed by atoms with Gasteiger partial charge in [-0.05, 0) is 30.0 Å². The van der Waals surface area contributed by atoms with Crippen molar-refractivity contribution in [3.63, 3.8) is 0 Å². The Bertz CT molecular complexity index is 784. The minimum Gasteiger partial charge on any atom is -0.483 e. The zero-order valence-electron chi connectivity index (χ0n) is 16.9. The number of likely N-dealkylation sites (tertiary alicyclic amines) is 1. The van der Waals surface area contributed by atoms with Crippen LogP contribution in [0.15, 0.2) is 54.6 Å². The summed E-state index contributed by atoms with van der Waals surface area (Å²) in [6.45, 7) is 1.98. The third-order valence-electron chi connectivity index (χ3n) is 5.19. The molecular formula is C24H30N2O3. The van der Waals surface area contributed by atoms with E-state index in [0.29, 0.717) is 18.7 Å². The van der Waals surface area contributed by atoms with Crippen molar-refractivity contribution in [3.05, 3.63) is 65.7 Å². The molecule has 1 aliphatic heterocycles. The quantitative estimate of drug-likeness (QED) is 0.745. The smallest absolute Gasteiger partial charge is 0.257 e. The van der Waals surface area contributed by atoms with E-state index in [-0.39, 0.29) is 18.4 Å². The number of para-hydroxylation sites is 1. The van der Waals surface area contributed by atoms with E-state index in [4.69, 9.17) is 4.74 Å². The molecule has 0 spiro atoms. The van der Waals surface area contributed by atoms with Crippen LogP contribution >= 0.6 is 0 Å². The second kappa shape index (κ2) is 11.2. The lowest BCUT2D eigenvalue weighted by Gasteiger charge is -2.20. The van der Waals surface area contributed by atoms with Crippen molar-refractivity contribution >= 4 is 11.8 Å². The largest absolute Gasteiger partial charge is 0.483 e. The maximum Gasteiger partial charge on any atom is 0.257 e. The van der Waals surface area contributed by atoms with Gasteiger partial charge in [0.25, 0.3) is 5.91 Å². The summed E-state index contributed by atoms with van der Waals surface area (Å²) < 4.78 is 5.75. The summed E-state index contributed by atoms with van der Waals surface area (Å²) in [5, 5.41) is 2.80. The molecule has 0 aliphatic carbocycles. The zero-order chi connectivity index (χ0) is 20.3. The second-order valence-electron chi connectivity index (χ2n) is 7.45. The number of nitrogens with zero attached hydrogens (tertiary/aromatic N) is 1. The minimum absolute atomic E-state index is 0.0519. The van der Waals surface area contributed by atoms with Crippen molar-refractivity contribution in [2.45, 2.75) is 38.5 Å². The van der Waals surface area contributed by atoms with Gasteiger partial charge in [-0.15, -0.1) is 0 Å². The Labute approximate surface area is 173 Å². The van der Waals surface area contributed by atoms with Gasteiger partial charge in [-0.25, -0.2) is 0 Å². The first-order chi connectivity index (χ1) is 14.2. The molecule has 3 rings (SSSR count). The predicted molar refractivity (Wildman–Crippen MR) is 114 cm³/mol. The van der Waals surface area contributed by atoms with Gasteiger partial charge < -0.3 is 15.0 Å². The molecular weight excluding hydrogens is 364 g/mol. The van der Waals surface area contributed by atoms with Crippen LogP contribution in [0, 0.1) is 0 Å². The fourth-order valence-corrected chi connectivity index (χ4v) is 3.59. The molecule has 5 nitrogen and oxygen atoms in total. The van der Waals surface area contributed by atoms with Gasteiger partial charge in [0.2, 0.25) is 5.91 Å². The molecule has 2 amide bonds. The van der Waals surface area contributed by atoms with Crippen molar-refractivity contribution in [1.29, 1.82) is 0 Å². The number of ether oxygens (including phenoxy) is 1. The highest BCUT2D eigenvalue weighted by atomic mass is 16.5. The highest BCUT2D eigenvalue weighted by Gasteiger charge is 2.15. The first kappa shape index (κ1) is 20.9. The van der Waals surface area contributed by atoms with Crippen molar-refractivity contribution in [2.75, 3.05) is 26.2 Å². The Morgan fingerprint density at radius 3 is 2.34 bits per heavy atom. The molecule has 0 radical (unpaired) electrons. The van der Waals surface area contributed by atoms with Crippen LogP contribution in [0.2, 0.25) is 0 Å². The summed E-state index contributed by atoms with van der Waals surface area (Å²) in [6.07, 6.45) is 5.65. The minimum atomic E-state index is -0.205. The van der Waals surface area contributed by atoms with Crippen LogP contribution in [0.25, 0.3) is 0 Å². The number of hydrogen-bond donors (Lipinski definition) is 1. The van der Waals surface area contributed by atoms with Crippen molar-refractivity contribution in [2.24, 2.45) is 0 Å². The number of benzene rings is 2. The molecule has 1 aliphatic rings. The molecule has 0 atom stereocenters. The molecule has 1 saturated heterocycles. The highest BCUT2D eigenvalue weighted by Crippen LogP contribution is 2.21. The molecule has 2 aromatic carbocycles. The Morgan fingerprint density at radius 1 is 0.897 bits per heavy atom. The van der Waals surface area contributed by atoms with Crippen LogP contribution in [0.3, 0.4) is 0 Å². The van der Waals surface area contributed by atoms with Crippen LogP contribution in [0.1, 0.15) is 43.2 Å². The summed E-state index contributed by atoms with van der Waals surface area (Å²) in [6, 6.07) is 17.9. The van der Waals surface area contributed by atoms with Gasteiger partial charge in [-0.3, -0.25) is 9.59 Å². The van der Waals surface area contributed by atoms with E-state index in [1.54, 1.807) is 0 Å². The molecule has 5 heteroatoms. The first-order valence-electron chi connectivity index (χ1n) is 10.5. The molecule has 0 saturated carbocycles. The van der Waals surface area contributed by atoms with Gasteiger partial charge in [-0.2, -0.15) is 0 Å². The van der Waals surface area contributed by atoms with Crippen LogP contribution in [0.5, 0.6) is 5.75 Å². The number of rotatable bonds is 8. The van der Waals surface area contributed by atoms with Crippen LogP contribution in [0.4, 0.5) is 0 Å². The topological polar surface area (TPSA) is 58.6 Å². The van der Waals surface area contributed by atoms with Crippen LogP contribution in [-0.2, 0) is 16.0 Å². The van der Waals surface area contributed by atoms with Crippen molar-refractivity contribution in [1.82, 2.24) is 10.2 Å². The van der Waals surface area contributed by atoms with Gasteiger partial charge in [0, 0.05) is 32.5 Å². The lowest BCUT2D eigenvalue weighted by atomic mass is 10.0. The predicted octanol–water partition coefficient (Wildman–Crippen LogP) is 3.57. The van der Waals surface area contributed by atoms with Crippen molar-refractivity contribution < 1.29 is 14.3 Å². The summed E-state index contributed by atoms with van der Waals surface area (Å²) in [7, 11) is 0. The SMILES string of the molecule is O=C(COc1ccccc1Cc1ccccc1)NCCC(=O)N1CCCCCC1. The second-order valence-corrected chi connectivity index (χ2v) is 7.45. The molecule has 1 fully saturated rings. The van der Waals surface area contributed by atoms with E-state index in [2.05, 4.69) is 17.4 Å². The molecule has 0 unspecified atom stereocenters. The highest BCUT2D eigenvalue weighted by molar-refractivity contribution is 5.80. The Balaban J connectivity index is 1.42. The average Bonchev–Trinajstić information content (AvgIpc) is 3.03. The number of hydrogen-bond acceptors (Lipinski definition) is 3. The molecule has 0 bridgehead atoms. The molecule has 2 aromatic rings. The van der Waals surface area contributed by atoms with Gasteiger partial charge in [0.05, 0.1) is 0 Å². The van der Waals surface area contributed by atoms with Crippen LogP contribution < -0.4 is 10.1 Å². The maximum atomic E-state index is 12.3.